The number of aromatic nitrogens is 2. The molecule has 0 spiro atoms. The molecule has 0 aromatic carbocycles. The molecule has 2 rings (SSSR count). The molecular formula is C12H12ClN3OS. The van der Waals surface area contributed by atoms with E-state index >= 15 is 0 Å². The predicted molar refractivity (Wildman–Crippen MR) is 72.0 cm³/mol. The van der Waals surface area contributed by atoms with Crippen molar-refractivity contribution in [2.75, 3.05) is 0 Å². The van der Waals surface area contributed by atoms with E-state index in [0.29, 0.717) is 6.54 Å². The number of nitrogens with zero attached hydrogens (tertiary/aromatic N) is 2. The van der Waals surface area contributed by atoms with Crippen LogP contribution >= 0.6 is 22.9 Å². The van der Waals surface area contributed by atoms with Crippen LogP contribution in [0.25, 0.3) is 0 Å². The minimum Gasteiger partial charge on any atom is -0.346 e. The second-order valence-electron chi connectivity index (χ2n) is 3.86. The van der Waals surface area contributed by atoms with Crippen molar-refractivity contribution in [2.24, 2.45) is 0 Å². The van der Waals surface area contributed by atoms with Gasteiger partial charge in [-0.25, -0.2) is 9.97 Å². The van der Waals surface area contributed by atoms with E-state index in [9.17, 15) is 4.79 Å². The SMILES string of the molecule is Cc1cc(CNC(=O)c2cnc(Cl)cn2)sc1C. The number of carbonyl (C=O) groups excluding carboxylic acids is 1. The van der Waals surface area contributed by atoms with E-state index in [0.717, 1.165) is 4.88 Å². The van der Waals surface area contributed by atoms with Crippen LogP contribution in [0.4, 0.5) is 0 Å². The Bertz CT molecular complexity index is 546. The summed E-state index contributed by atoms with van der Waals surface area (Å²) in [5, 5.41) is 3.08. The highest BCUT2D eigenvalue weighted by Crippen LogP contribution is 2.20. The molecule has 0 unspecified atom stereocenters. The highest BCUT2D eigenvalue weighted by Gasteiger charge is 2.08. The van der Waals surface area contributed by atoms with Crippen molar-refractivity contribution >= 4 is 28.8 Å². The van der Waals surface area contributed by atoms with Crippen LogP contribution in [0.5, 0.6) is 0 Å². The average molecular weight is 282 g/mol. The molecule has 2 heterocycles. The van der Waals surface area contributed by atoms with Crippen LogP contribution in [-0.2, 0) is 6.54 Å². The lowest BCUT2D eigenvalue weighted by Crippen LogP contribution is -2.23. The zero-order chi connectivity index (χ0) is 13.1. The van der Waals surface area contributed by atoms with Gasteiger partial charge in [0.2, 0.25) is 0 Å². The Balaban J connectivity index is 1.98. The number of aryl methyl sites for hydroxylation is 2. The van der Waals surface area contributed by atoms with E-state index in [4.69, 9.17) is 11.6 Å². The first kappa shape index (κ1) is 13.0. The molecule has 0 saturated heterocycles. The van der Waals surface area contributed by atoms with Crippen LogP contribution in [0.3, 0.4) is 0 Å². The van der Waals surface area contributed by atoms with E-state index in [1.807, 2.05) is 0 Å². The van der Waals surface area contributed by atoms with Crippen LogP contribution in [0.2, 0.25) is 5.15 Å². The number of thiophene rings is 1. The van der Waals surface area contributed by atoms with Gasteiger partial charge in [-0.2, -0.15) is 0 Å². The van der Waals surface area contributed by atoms with Gasteiger partial charge in [0.15, 0.2) is 0 Å². The van der Waals surface area contributed by atoms with Gasteiger partial charge >= 0.3 is 0 Å². The molecule has 18 heavy (non-hydrogen) atoms. The van der Waals surface area contributed by atoms with Crippen molar-refractivity contribution in [3.05, 3.63) is 44.6 Å². The molecule has 4 nitrogen and oxygen atoms in total. The summed E-state index contributed by atoms with van der Waals surface area (Å²) in [6.07, 6.45) is 2.72. The first-order valence-corrected chi connectivity index (χ1v) is 6.57. The van der Waals surface area contributed by atoms with E-state index in [1.165, 1.54) is 22.8 Å². The molecule has 0 atom stereocenters. The van der Waals surface area contributed by atoms with E-state index in [2.05, 4.69) is 35.2 Å². The lowest BCUT2D eigenvalue weighted by Gasteiger charge is -2.02. The molecule has 0 saturated carbocycles. The second-order valence-corrected chi connectivity index (χ2v) is 5.59. The minimum atomic E-state index is -0.247. The summed E-state index contributed by atoms with van der Waals surface area (Å²) < 4.78 is 0. The largest absolute Gasteiger partial charge is 0.346 e. The number of nitrogens with one attached hydrogen (secondary N) is 1. The normalized spacial score (nSPS) is 10.4. The van der Waals surface area contributed by atoms with Gasteiger partial charge in [0.05, 0.1) is 18.9 Å². The molecule has 1 N–H and O–H groups in total. The summed E-state index contributed by atoms with van der Waals surface area (Å²) >= 11 is 7.29. The van der Waals surface area contributed by atoms with Gasteiger partial charge in [0.1, 0.15) is 10.8 Å². The van der Waals surface area contributed by atoms with Crippen LogP contribution in [0, 0.1) is 13.8 Å². The molecular weight excluding hydrogens is 270 g/mol. The fourth-order valence-corrected chi connectivity index (χ4v) is 2.52. The summed E-state index contributed by atoms with van der Waals surface area (Å²) in [5.74, 6) is -0.247. The highest BCUT2D eigenvalue weighted by molar-refractivity contribution is 7.12. The number of carbonyl (C=O) groups is 1. The van der Waals surface area contributed by atoms with Crippen molar-refractivity contribution in [3.63, 3.8) is 0 Å². The van der Waals surface area contributed by atoms with Crippen LogP contribution in [0.15, 0.2) is 18.5 Å². The number of rotatable bonds is 3. The Morgan fingerprint density at radius 3 is 2.72 bits per heavy atom. The van der Waals surface area contributed by atoms with Gasteiger partial charge in [0, 0.05) is 9.75 Å². The lowest BCUT2D eigenvalue weighted by atomic mass is 10.3. The summed E-state index contributed by atoms with van der Waals surface area (Å²) in [6, 6.07) is 2.08. The van der Waals surface area contributed by atoms with Gasteiger partial charge in [-0.15, -0.1) is 11.3 Å². The van der Waals surface area contributed by atoms with Gasteiger partial charge < -0.3 is 5.32 Å². The highest BCUT2D eigenvalue weighted by atomic mass is 35.5. The monoisotopic (exact) mass is 281 g/mol. The van der Waals surface area contributed by atoms with Gasteiger partial charge in [-0.1, -0.05) is 11.6 Å². The second kappa shape index (κ2) is 5.46. The zero-order valence-electron chi connectivity index (χ0n) is 10.0. The van der Waals surface area contributed by atoms with E-state index < -0.39 is 0 Å². The smallest absolute Gasteiger partial charge is 0.271 e. The third-order valence-corrected chi connectivity index (χ3v) is 3.84. The summed E-state index contributed by atoms with van der Waals surface area (Å²) in [6.45, 7) is 4.63. The third kappa shape index (κ3) is 3.05. The molecule has 0 fully saturated rings. The Labute approximate surface area is 114 Å². The number of hydrogen-bond donors (Lipinski definition) is 1. The van der Waals surface area contributed by atoms with Crippen LogP contribution in [-0.4, -0.2) is 15.9 Å². The summed E-state index contributed by atoms with van der Waals surface area (Å²) in [4.78, 5) is 21.9. The molecule has 0 aliphatic rings. The van der Waals surface area contributed by atoms with Gasteiger partial charge in [-0.05, 0) is 25.5 Å². The summed E-state index contributed by atoms with van der Waals surface area (Å²) in [5.41, 5.74) is 1.51. The molecule has 0 radical (unpaired) electrons. The molecule has 2 aromatic heterocycles. The van der Waals surface area contributed by atoms with Crippen molar-refractivity contribution < 1.29 is 4.79 Å². The first-order valence-electron chi connectivity index (χ1n) is 5.38. The topological polar surface area (TPSA) is 54.9 Å². The Morgan fingerprint density at radius 1 is 1.39 bits per heavy atom. The number of halogens is 1. The predicted octanol–water partition coefficient (Wildman–Crippen LogP) is 2.74. The van der Waals surface area contributed by atoms with Crippen LogP contribution in [0.1, 0.15) is 25.8 Å². The Morgan fingerprint density at radius 2 is 2.17 bits per heavy atom. The molecule has 94 valence electrons. The molecule has 0 bridgehead atoms. The minimum absolute atomic E-state index is 0.247. The molecule has 0 aliphatic heterocycles. The quantitative estimate of drug-likeness (QED) is 0.941. The average Bonchev–Trinajstić information content (AvgIpc) is 2.67. The van der Waals surface area contributed by atoms with Crippen molar-refractivity contribution in [3.8, 4) is 0 Å². The fourth-order valence-electron chi connectivity index (χ4n) is 1.42. The van der Waals surface area contributed by atoms with Gasteiger partial charge in [0.25, 0.3) is 5.91 Å². The van der Waals surface area contributed by atoms with Crippen molar-refractivity contribution in [1.29, 1.82) is 0 Å². The maximum atomic E-state index is 11.8. The van der Waals surface area contributed by atoms with Crippen LogP contribution < -0.4 is 5.32 Å². The fraction of sp³-hybridized carbons (Fsp3) is 0.250. The summed E-state index contributed by atoms with van der Waals surface area (Å²) in [7, 11) is 0. The number of amides is 1. The Kier molecular flexibility index (Phi) is 3.93. The van der Waals surface area contributed by atoms with Crippen molar-refractivity contribution in [1.82, 2.24) is 15.3 Å². The molecule has 2 aromatic rings. The van der Waals surface area contributed by atoms with E-state index in [-0.39, 0.29) is 16.8 Å². The number of hydrogen-bond acceptors (Lipinski definition) is 4. The van der Waals surface area contributed by atoms with Crippen molar-refractivity contribution in [2.45, 2.75) is 20.4 Å². The Hall–Kier alpha value is -1.46. The maximum Gasteiger partial charge on any atom is 0.271 e. The van der Waals surface area contributed by atoms with E-state index in [1.54, 1.807) is 11.3 Å². The maximum absolute atomic E-state index is 11.8. The molecule has 0 aliphatic carbocycles. The first-order chi connectivity index (χ1) is 8.56. The molecule has 1 amide bonds. The molecule has 6 heteroatoms. The standard InChI is InChI=1S/C12H12ClN3OS/c1-7-3-9(18-8(7)2)4-16-12(17)10-5-15-11(13)6-14-10/h3,5-6H,4H2,1-2H3,(H,16,17). The third-order valence-electron chi connectivity index (χ3n) is 2.49. The van der Waals surface area contributed by atoms with Gasteiger partial charge in [-0.3, -0.25) is 4.79 Å². The lowest BCUT2D eigenvalue weighted by molar-refractivity contribution is 0.0946. The zero-order valence-corrected chi connectivity index (χ0v) is 11.6.